The number of nitrogens with two attached hydrogens (primary N) is 2. The first-order valence-electron chi connectivity index (χ1n) is 8.80. The Morgan fingerprint density at radius 1 is 1.29 bits per heavy atom. The van der Waals surface area contributed by atoms with E-state index in [1.54, 1.807) is 24.9 Å². The number of aromatic nitrogens is 2. The van der Waals surface area contributed by atoms with E-state index in [0.29, 0.717) is 22.5 Å². The number of rotatable bonds is 6. The Morgan fingerprint density at radius 2 is 2.00 bits per heavy atom. The molecule has 1 aromatic carbocycles. The van der Waals surface area contributed by atoms with Gasteiger partial charge in [0.1, 0.15) is 5.76 Å². The second-order valence-electron chi connectivity index (χ2n) is 6.83. The van der Waals surface area contributed by atoms with E-state index in [1.165, 1.54) is 6.07 Å². The van der Waals surface area contributed by atoms with E-state index in [1.807, 2.05) is 6.92 Å². The van der Waals surface area contributed by atoms with Crippen LogP contribution in [0.2, 0.25) is 0 Å². The Kier molecular flexibility index (Phi) is 5.33. The van der Waals surface area contributed by atoms with Crippen LogP contribution in [0.5, 0.6) is 0 Å². The van der Waals surface area contributed by atoms with Gasteiger partial charge in [0.2, 0.25) is 0 Å². The molecule has 0 unspecified atom stereocenters. The smallest absolute Gasteiger partial charge is 0.284 e. The molecule has 148 valence electrons. The summed E-state index contributed by atoms with van der Waals surface area (Å²) in [6.45, 7) is 3.79. The number of benzene rings is 1. The Bertz CT molecular complexity index is 1020. The van der Waals surface area contributed by atoms with Gasteiger partial charge in [-0.05, 0) is 50.1 Å². The van der Waals surface area contributed by atoms with Gasteiger partial charge in [0.05, 0.1) is 11.9 Å². The van der Waals surface area contributed by atoms with Gasteiger partial charge in [0, 0.05) is 24.1 Å². The van der Waals surface area contributed by atoms with E-state index in [-0.39, 0.29) is 18.7 Å². The normalized spacial score (nSPS) is 12.4. The van der Waals surface area contributed by atoms with Crippen molar-refractivity contribution < 1.29 is 18.0 Å². The maximum atomic E-state index is 13.6. The van der Waals surface area contributed by atoms with Crippen molar-refractivity contribution in [1.29, 1.82) is 0 Å². The van der Waals surface area contributed by atoms with Crippen LogP contribution in [-0.4, -0.2) is 22.2 Å². The van der Waals surface area contributed by atoms with E-state index >= 15 is 0 Å². The number of primary amides is 1. The number of halogens is 2. The molecule has 0 fully saturated rings. The van der Waals surface area contributed by atoms with Crippen molar-refractivity contribution in [3.63, 3.8) is 0 Å². The molecule has 0 radical (unpaired) electrons. The molecule has 8 heteroatoms. The van der Waals surface area contributed by atoms with Crippen molar-refractivity contribution >= 4 is 5.91 Å². The highest BCUT2D eigenvalue weighted by Gasteiger charge is 2.30. The van der Waals surface area contributed by atoms with Gasteiger partial charge >= 0.3 is 0 Å². The number of carbonyl (C=O) groups excluding carboxylic acids is 1. The Morgan fingerprint density at radius 3 is 2.54 bits per heavy atom. The van der Waals surface area contributed by atoms with Gasteiger partial charge in [-0.3, -0.25) is 9.48 Å². The number of amides is 1. The second-order valence-corrected chi connectivity index (χ2v) is 6.83. The highest BCUT2D eigenvalue weighted by Crippen LogP contribution is 2.39. The van der Waals surface area contributed by atoms with Gasteiger partial charge in [0.15, 0.2) is 17.4 Å². The van der Waals surface area contributed by atoms with Gasteiger partial charge in [-0.15, -0.1) is 0 Å². The molecule has 3 aromatic rings. The van der Waals surface area contributed by atoms with E-state index in [9.17, 15) is 13.6 Å². The molecule has 0 saturated carbocycles. The lowest BCUT2D eigenvalue weighted by Crippen LogP contribution is -2.20. The molecule has 0 spiro atoms. The maximum Gasteiger partial charge on any atom is 0.284 e. The number of hydrogen-bond donors (Lipinski definition) is 2. The number of carbonyl (C=O) groups is 1. The van der Waals surface area contributed by atoms with Crippen LogP contribution >= 0.6 is 0 Å². The minimum Gasteiger partial charge on any atom is -0.455 e. The summed E-state index contributed by atoms with van der Waals surface area (Å²) in [5.41, 5.74) is 15.1. The summed E-state index contributed by atoms with van der Waals surface area (Å²) in [4.78, 5) is 12.1. The first-order valence-corrected chi connectivity index (χ1v) is 8.80. The van der Waals surface area contributed by atoms with E-state index in [4.69, 9.17) is 15.9 Å². The fourth-order valence-corrected chi connectivity index (χ4v) is 3.59. The largest absolute Gasteiger partial charge is 0.455 e. The maximum absolute atomic E-state index is 13.6. The second kappa shape index (κ2) is 7.55. The molecule has 0 aliphatic heterocycles. The van der Waals surface area contributed by atoms with Gasteiger partial charge in [-0.2, -0.15) is 5.10 Å². The summed E-state index contributed by atoms with van der Waals surface area (Å²) in [5.74, 6) is -2.43. The molecule has 0 aliphatic carbocycles. The Hall–Kier alpha value is -3.00. The van der Waals surface area contributed by atoms with Gasteiger partial charge in [0.25, 0.3) is 5.91 Å². The predicted molar refractivity (Wildman–Crippen MR) is 101 cm³/mol. The molecule has 0 aliphatic rings. The number of furan rings is 1. The number of hydrogen-bond acceptors (Lipinski definition) is 4. The lowest BCUT2D eigenvalue weighted by molar-refractivity contribution is 0.0970. The molecule has 2 heterocycles. The summed E-state index contributed by atoms with van der Waals surface area (Å²) < 4.78 is 34.3. The van der Waals surface area contributed by atoms with Gasteiger partial charge < -0.3 is 15.9 Å². The van der Waals surface area contributed by atoms with Crippen LogP contribution < -0.4 is 11.5 Å². The van der Waals surface area contributed by atoms with E-state index < -0.39 is 23.5 Å². The third-order valence-electron chi connectivity index (χ3n) is 4.86. The van der Waals surface area contributed by atoms with Crippen LogP contribution in [0.3, 0.4) is 0 Å². The van der Waals surface area contributed by atoms with Crippen LogP contribution in [0.25, 0.3) is 11.3 Å². The molecule has 1 atom stereocenters. The third kappa shape index (κ3) is 3.43. The topological polar surface area (TPSA) is 100 Å². The fraction of sp³-hybridized carbons (Fsp3) is 0.300. The fourth-order valence-electron chi connectivity index (χ4n) is 3.59. The summed E-state index contributed by atoms with van der Waals surface area (Å²) in [5, 5.41) is 4.26. The van der Waals surface area contributed by atoms with Crippen molar-refractivity contribution in [2.45, 2.75) is 26.2 Å². The molecular weight excluding hydrogens is 366 g/mol. The molecule has 6 nitrogen and oxygen atoms in total. The van der Waals surface area contributed by atoms with Crippen LogP contribution in [0, 0.1) is 25.5 Å². The van der Waals surface area contributed by atoms with Gasteiger partial charge in [-0.1, -0.05) is 6.07 Å². The van der Waals surface area contributed by atoms with Crippen molar-refractivity contribution in [3.8, 4) is 11.3 Å². The lowest BCUT2D eigenvalue weighted by Gasteiger charge is -2.18. The van der Waals surface area contributed by atoms with Crippen LogP contribution in [0.15, 0.2) is 28.8 Å². The molecule has 28 heavy (non-hydrogen) atoms. The first kappa shape index (κ1) is 19.8. The van der Waals surface area contributed by atoms with Gasteiger partial charge in [-0.25, -0.2) is 8.78 Å². The zero-order valence-corrected chi connectivity index (χ0v) is 15.9. The molecule has 2 aromatic heterocycles. The SMILES string of the molecule is Cc1cnn(C)c1-c1c(C)oc(C(N)=O)c1[C@@H](CN)Cc1ccc(F)c(F)c1. The third-order valence-corrected chi connectivity index (χ3v) is 4.86. The van der Waals surface area contributed by atoms with Crippen molar-refractivity contribution in [3.05, 3.63) is 64.2 Å². The Balaban J connectivity index is 2.17. The molecule has 3 rings (SSSR count). The Labute approximate surface area is 161 Å². The van der Waals surface area contributed by atoms with E-state index in [2.05, 4.69) is 5.10 Å². The van der Waals surface area contributed by atoms with Crippen molar-refractivity contribution in [2.75, 3.05) is 6.54 Å². The standard InChI is InChI=1S/C20H22F2N4O2/c1-10-9-25-26(3)18(10)16-11(2)28-19(20(24)27)17(16)13(8-23)6-12-4-5-14(21)15(22)7-12/h4-5,7,9,13H,6,8,23H2,1-3H3,(H2,24,27)/t13-/m1/s1. The molecule has 0 saturated heterocycles. The molecule has 4 N–H and O–H groups in total. The zero-order chi connectivity index (χ0) is 20.6. The summed E-state index contributed by atoms with van der Waals surface area (Å²) in [6.07, 6.45) is 2.00. The van der Waals surface area contributed by atoms with Crippen molar-refractivity contribution in [1.82, 2.24) is 9.78 Å². The average molecular weight is 388 g/mol. The minimum absolute atomic E-state index is 0.0196. The van der Waals surface area contributed by atoms with E-state index in [0.717, 1.165) is 23.4 Å². The number of nitrogens with zero attached hydrogens (tertiary/aromatic N) is 2. The molecular formula is C20H22F2N4O2. The average Bonchev–Trinajstić information content (AvgIpc) is 3.15. The highest BCUT2D eigenvalue weighted by molar-refractivity contribution is 5.94. The predicted octanol–water partition coefficient (Wildman–Crippen LogP) is 2.96. The summed E-state index contributed by atoms with van der Waals surface area (Å²) >= 11 is 0. The molecule has 0 bridgehead atoms. The van der Waals surface area contributed by atoms with Crippen molar-refractivity contribution in [2.24, 2.45) is 18.5 Å². The first-order chi connectivity index (χ1) is 13.2. The summed E-state index contributed by atoms with van der Waals surface area (Å²) in [7, 11) is 1.79. The van der Waals surface area contributed by atoms with Crippen LogP contribution in [0.1, 0.15) is 38.9 Å². The number of aryl methyl sites for hydroxylation is 3. The molecule has 1 amide bonds. The van der Waals surface area contributed by atoms with Crippen LogP contribution in [-0.2, 0) is 13.5 Å². The monoisotopic (exact) mass is 388 g/mol. The van der Waals surface area contributed by atoms with Crippen LogP contribution in [0.4, 0.5) is 8.78 Å². The quantitative estimate of drug-likeness (QED) is 0.678. The lowest BCUT2D eigenvalue weighted by atomic mass is 9.87. The summed E-state index contributed by atoms with van der Waals surface area (Å²) in [6, 6.07) is 3.69. The minimum atomic E-state index is -0.936. The highest BCUT2D eigenvalue weighted by atomic mass is 19.2. The zero-order valence-electron chi connectivity index (χ0n) is 15.9.